The van der Waals surface area contributed by atoms with Gasteiger partial charge in [-0.15, -0.1) is 0 Å². The Hall–Kier alpha value is -1.70. The van der Waals surface area contributed by atoms with Gasteiger partial charge in [0.25, 0.3) is 0 Å². The number of rotatable bonds is 6. The van der Waals surface area contributed by atoms with E-state index in [1.54, 1.807) is 0 Å². The predicted octanol–water partition coefficient (Wildman–Crippen LogP) is 5.03. The maximum absolute atomic E-state index is 3.53. The zero-order valence-electron chi connectivity index (χ0n) is 15.2. The van der Waals surface area contributed by atoms with E-state index < -0.39 is 0 Å². The van der Waals surface area contributed by atoms with E-state index in [4.69, 9.17) is 0 Å². The van der Waals surface area contributed by atoms with Crippen LogP contribution in [0.4, 0.5) is 5.69 Å². The lowest BCUT2D eigenvalue weighted by Gasteiger charge is -2.24. The highest BCUT2D eigenvalue weighted by atomic mass is 32.2. The maximum atomic E-state index is 3.53. The van der Waals surface area contributed by atoms with Crippen LogP contribution in [0.2, 0.25) is 0 Å². The van der Waals surface area contributed by atoms with Gasteiger partial charge in [0, 0.05) is 49.3 Å². The summed E-state index contributed by atoms with van der Waals surface area (Å²) in [5.41, 5.74) is 5.38. The van der Waals surface area contributed by atoms with Crippen molar-refractivity contribution in [1.82, 2.24) is 4.90 Å². The highest BCUT2D eigenvalue weighted by molar-refractivity contribution is 8.03. The summed E-state index contributed by atoms with van der Waals surface area (Å²) in [5, 5.41) is 0. The molecule has 126 valence electrons. The first-order valence-electron chi connectivity index (χ1n) is 9.05. The van der Waals surface area contributed by atoms with E-state index in [0.717, 1.165) is 32.6 Å². The fourth-order valence-corrected chi connectivity index (χ4v) is 4.50. The molecule has 0 bridgehead atoms. The highest BCUT2D eigenvalue weighted by Gasteiger charge is 2.28. The lowest BCUT2D eigenvalue weighted by molar-refractivity contribution is 0.394. The molecule has 0 N–H and O–H groups in total. The third kappa shape index (κ3) is 3.24. The largest absolute Gasteiger partial charge is 0.372 e. The van der Waals surface area contributed by atoms with Gasteiger partial charge in [-0.2, -0.15) is 0 Å². The molecular formula is C21H27N2S+. The second-order valence-corrected chi connectivity index (χ2v) is 7.20. The van der Waals surface area contributed by atoms with Crippen molar-refractivity contribution in [3.8, 4) is 0 Å². The maximum Gasteiger partial charge on any atom is 0.150 e. The van der Waals surface area contributed by atoms with Gasteiger partial charge < -0.3 is 9.80 Å². The lowest BCUT2D eigenvalue weighted by atomic mass is 10.00. The minimum absolute atomic E-state index is 0.995. The number of likely N-dealkylation sites (N-methyl/N-ethyl adjacent to an activating group) is 1. The van der Waals surface area contributed by atoms with Gasteiger partial charge in [0.15, 0.2) is 0 Å². The van der Waals surface area contributed by atoms with Gasteiger partial charge in [-0.1, -0.05) is 6.07 Å². The van der Waals surface area contributed by atoms with Crippen molar-refractivity contribution in [2.75, 3.05) is 31.1 Å². The van der Waals surface area contributed by atoms with Crippen molar-refractivity contribution in [2.45, 2.75) is 39.0 Å². The SMILES string of the molecule is CCN(CC)C1=CC2=C([C+]=C1)Cc1ccc(N(CC)CC)cc1S2. The van der Waals surface area contributed by atoms with E-state index in [0.29, 0.717) is 0 Å². The molecule has 2 aliphatic rings. The van der Waals surface area contributed by atoms with Crippen LogP contribution in [-0.4, -0.2) is 31.1 Å². The molecule has 1 heterocycles. The van der Waals surface area contributed by atoms with Crippen LogP contribution < -0.4 is 4.90 Å². The number of anilines is 1. The number of nitrogens with zero attached hydrogens (tertiary/aromatic N) is 2. The molecule has 1 aliphatic heterocycles. The topological polar surface area (TPSA) is 6.48 Å². The van der Waals surface area contributed by atoms with Gasteiger partial charge in [-0.3, -0.25) is 0 Å². The number of hydrogen-bond acceptors (Lipinski definition) is 3. The summed E-state index contributed by atoms with van der Waals surface area (Å²) in [6.07, 6.45) is 9.03. The molecule has 0 saturated heterocycles. The third-order valence-electron chi connectivity index (χ3n) is 4.87. The molecule has 0 radical (unpaired) electrons. The lowest BCUT2D eigenvalue weighted by Crippen LogP contribution is -2.23. The standard InChI is InChI=1S/C21H27N2S/c1-5-22(6-2)18-11-9-16-13-17-10-12-19(23(7-3)8-4)15-21(17)24-20(16)14-18/h9,11-12,14-15H,5-8,13H2,1-4H3/q+1. The van der Waals surface area contributed by atoms with E-state index in [1.165, 1.54) is 32.3 Å². The molecule has 0 saturated carbocycles. The van der Waals surface area contributed by atoms with Gasteiger partial charge in [0.2, 0.25) is 0 Å². The zero-order valence-corrected chi connectivity index (χ0v) is 16.0. The fraction of sp³-hybridized carbons (Fsp3) is 0.429. The monoisotopic (exact) mass is 339 g/mol. The van der Waals surface area contributed by atoms with Crippen LogP contribution >= 0.6 is 11.8 Å². The molecule has 0 fully saturated rings. The average Bonchev–Trinajstić information content (AvgIpc) is 2.62. The molecule has 0 unspecified atom stereocenters. The van der Waals surface area contributed by atoms with Crippen molar-refractivity contribution in [3.63, 3.8) is 0 Å². The summed E-state index contributed by atoms with van der Waals surface area (Å²) >= 11 is 1.90. The van der Waals surface area contributed by atoms with Crippen LogP contribution in [0.15, 0.2) is 51.4 Å². The second-order valence-electron chi connectivity index (χ2n) is 6.12. The summed E-state index contributed by atoms with van der Waals surface area (Å²) in [7, 11) is 0. The highest BCUT2D eigenvalue weighted by Crippen LogP contribution is 2.42. The Morgan fingerprint density at radius 1 is 1.00 bits per heavy atom. The van der Waals surface area contributed by atoms with Crippen molar-refractivity contribution in [3.05, 3.63) is 58.2 Å². The quantitative estimate of drug-likeness (QED) is 0.671. The van der Waals surface area contributed by atoms with Crippen molar-refractivity contribution in [2.24, 2.45) is 0 Å². The Labute approximate surface area is 150 Å². The van der Waals surface area contributed by atoms with Crippen LogP contribution in [0.5, 0.6) is 0 Å². The van der Waals surface area contributed by atoms with Crippen LogP contribution in [0, 0.1) is 6.08 Å². The molecule has 24 heavy (non-hydrogen) atoms. The smallest absolute Gasteiger partial charge is 0.150 e. The Balaban J connectivity index is 1.88. The van der Waals surface area contributed by atoms with Crippen molar-refractivity contribution in [1.29, 1.82) is 0 Å². The molecule has 3 rings (SSSR count). The first-order valence-corrected chi connectivity index (χ1v) is 9.87. The summed E-state index contributed by atoms with van der Waals surface area (Å²) in [4.78, 5) is 7.56. The molecule has 3 heteroatoms. The molecule has 0 aromatic heterocycles. The zero-order chi connectivity index (χ0) is 17.1. The van der Waals surface area contributed by atoms with Gasteiger partial charge in [-0.25, -0.2) is 0 Å². The summed E-state index contributed by atoms with van der Waals surface area (Å²) in [6.45, 7) is 13.0. The summed E-state index contributed by atoms with van der Waals surface area (Å²) < 4.78 is 0. The van der Waals surface area contributed by atoms with Crippen LogP contribution in [-0.2, 0) is 6.42 Å². The van der Waals surface area contributed by atoms with Crippen molar-refractivity contribution >= 4 is 17.4 Å². The van der Waals surface area contributed by atoms with E-state index in [-0.39, 0.29) is 0 Å². The van der Waals surface area contributed by atoms with E-state index in [9.17, 15) is 0 Å². The van der Waals surface area contributed by atoms with E-state index in [2.05, 4.69) is 73.9 Å². The molecule has 0 atom stereocenters. The normalized spacial score (nSPS) is 15.4. The van der Waals surface area contributed by atoms with E-state index >= 15 is 0 Å². The average molecular weight is 340 g/mol. The van der Waals surface area contributed by atoms with Gasteiger partial charge in [-0.05, 0) is 57.2 Å². The third-order valence-corrected chi connectivity index (χ3v) is 6.05. The van der Waals surface area contributed by atoms with Gasteiger partial charge in [0.1, 0.15) is 22.3 Å². The molecule has 1 aromatic rings. The van der Waals surface area contributed by atoms with Crippen molar-refractivity contribution < 1.29 is 0 Å². The minimum atomic E-state index is 0.995. The molecule has 0 spiro atoms. The summed E-state index contributed by atoms with van der Waals surface area (Å²) in [5.74, 6) is 0. The Kier molecular flexibility index (Phi) is 5.33. The van der Waals surface area contributed by atoms with Crippen LogP contribution in [0.1, 0.15) is 33.3 Å². The Morgan fingerprint density at radius 3 is 2.38 bits per heavy atom. The number of benzene rings is 1. The first-order chi connectivity index (χ1) is 11.7. The number of thioether (sulfide) groups is 1. The molecule has 0 amide bonds. The number of hydrogen-bond donors (Lipinski definition) is 0. The van der Waals surface area contributed by atoms with Crippen LogP contribution in [0.3, 0.4) is 0 Å². The molecule has 2 nitrogen and oxygen atoms in total. The fourth-order valence-electron chi connectivity index (χ4n) is 3.37. The van der Waals surface area contributed by atoms with Gasteiger partial charge in [0.05, 0.1) is 6.08 Å². The summed E-state index contributed by atoms with van der Waals surface area (Å²) in [6, 6.07) is 6.92. The predicted molar refractivity (Wildman–Crippen MR) is 105 cm³/mol. The van der Waals surface area contributed by atoms with E-state index in [1.807, 2.05) is 11.8 Å². The second kappa shape index (κ2) is 7.46. The first kappa shape index (κ1) is 17.1. The number of allylic oxidation sites excluding steroid dienone is 4. The Morgan fingerprint density at radius 2 is 1.71 bits per heavy atom. The Bertz CT molecular complexity index is 692. The molecule has 1 aliphatic carbocycles. The van der Waals surface area contributed by atoms with Gasteiger partial charge >= 0.3 is 0 Å². The molecule has 1 aromatic carbocycles. The van der Waals surface area contributed by atoms with Crippen LogP contribution in [0.25, 0.3) is 0 Å². The minimum Gasteiger partial charge on any atom is -0.372 e. The number of fused-ring (bicyclic) bond motifs is 1. The molecular weight excluding hydrogens is 312 g/mol.